The van der Waals surface area contributed by atoms with Crippen LogP contribution in [0.25, 0.3) is 0 Å². The van der Waals surface area contributed by atoms with Crippen molar-refractivity contribution in [3.8, 4) is 5.75 Å². The molecule has 148 valence electrons. The molecule has 0 N–H and O–H groups in total. The van der Waals surface area contributed by atoms with Gasteiger partial charge in [-0.3, -0.25) is 9.59 Å². The first kappa shape index (κ1) is 18.7. The molecule has 0 bridgehead atoms. The molecule has 0 radical (unpaired) electrons. The summed E-state index contributed by atoms with van der Waals surface area (Å²) in [5.41, 5.74) is 0.307. The van der Waals surface area contributed by atoms with E-state index in [1.54, 1.807) is 18.2 Å². The van der Waals surface area contributed by atoms with Crippen LogP contribution in [0.15, 0.2) is 47.4 Å². The average molecular weight is 384 g/mol. The number of aromatic nitrogens is 1. The summed E-state index contributed by atoms with van der Waals surface area (Å²) in [6.07, 6.45) is 1.88. The molecule has 1 spiro atoms. The minimum absolute atomic E-state index is 0.0793. The summed E-state index contributed by atoms with van der Waals surface area (Å²) in [7, 11) is 1.60. The third-order valence-electron chi connectivity index (χ3n) is 5.56. The molecule has 1 aromatic heterocycles. The maximum Gasteiger partial charge on any atom is 0.276 e. The van der Waals surface area contributed by atoms with Crippen molar-refractivity contribution >= 4 is 5.91 Å². The first-order chi connectivity index (χ1) is 13.6. The van der Waals surface area contributed by atoms with Crippen molar-refractivity contribution in [1.29, 1.82) is 0 Å². The van der Waals surface area contributed by atoms with E-state index in [-0.39, 0.29) is 29.4 Å². The molecule has 28 heavy (non-hydrogen) atoms. The lowest BCUT2D eigenvalue weighted by atomic mass is 9.90. The number of nitrogens with zero attached hydrogens (tertiary/aromatic N) is 2. The predicted molar refractivity (Wildman–Crippen MR) is 102 cm³/mol. The fraction of sp³-hybridized carbons (Fsp3) is 0.429. The summed E-state index contributed by atoms with van der Waals surface area (Å²) in [6, 6.07) is 11.0. The van der Waals surface area contributed by atoms with E-state index in [9.17, 15) is 9.59 Å². The van der Waals surface area contributed by atoms with Gasteiger partial charge in [0, 0.05) is 38.9 Å². The molecular weight excluding hydrogens is 360 g/mol. The van der Waals surface area contributed by atoms with Crippen LogP contribution in [0.1, 0.15) is 29.4 Å². The quantitative estimate of drug-likeness (QED) is 0.789. The molecular formula is C21H24N2O5. The molecule has 7 nitrogen and oxygen atoms in total. The van der Waals surface area contributed by atoms with Crippen molar-refractivity contribution in [2.24, 2.45) is 0 Å². The molecule has 0 saturated carbocycles. The molecule has 2 unspecified atom stereocenters. The van der Waals surface area contributed by atoms with Gasteiger partial charge in [0.2, 0.25) is 5.43 Å². The Labute approximate surface area is 163 Å². The fourth-order valence-corrected chi connectivity index (χ4v) is 4.22. The first-order valence-corrected chi connectivity index (χ1v) is 9.46. The topological polar surface area (TPSA) is 70.0 Å². The second kappa shape index (κ2) is 7.41. The smallest absolute Gasteiger partial charge is 0.276 e. The van der Waals surface area contributed by atoms with Crippen LogP contribution in [-0.4, -0.2) is 48.5 Å². The SMILES string of the molecule is CCN1C(=O)c2c(OCc3ccccc3)c(=O)ccn2C2(CCOC2)C1OC. The van der Waals surface area contributed by atoms with E-state index in [0.717, 1.165) is 5.56 Å². The van der Waals surface area contributed by atoms with Crippen LogP contribution in [0, 0.1) is 0 Å². The highest BCUT2D eigenvalue weighted by molar-refractivity contribution is 5.96. The Morgan fingerprint density at radius 3 is 2.64 bits per heavy atom. The number of ether oxygens (including phenoxy) is 3. The number of benzene rings is 1. The van der Waals surface area contributed by atoms with Crippen molar-refractivity contribution in [1.82, 2.24) is 9.47 Å². The summed E-state index contributed by atoms with van der Waals surface area (Å²) >= 11 is 0. The second-order valence-electron chi connectivity index (χ2n) is 7.09. The minimum atomic E-state index is -0.577. The summed E-state index contributed by atoms with van der Waals surface area (Å²) in [5.74, 6) is -0.191. The molecule has 1 aromatic carbocycles. The number of amides is 1. The van der Waals surface area contributed by atoms with Crippen LogP contribution in [0.4, 0.5) is 0 Å². The monoisotopic (exact) mass is 384 g/mol. The normalized spacial score (nSPS) is 23.9. The molecule has 1 amide bonds. The standard InChI is InChI=1S/C21H24N2O5/c1-3-22-19(25)17-18(28-13-15-7-5-4-6-8-15)16(24)9-11-23(17)21(20(22)26-2)10-12-27-14-21/h4-9,11,20H,3,10,12-14H2,1-2H3. The number of rotatable bonds is 5. The third kappa shape index (κ3) is 2.82. The summed E-state index contributed by atoms with van der Waals surface area (Å²) in [6.45, 7) is 3.54. The van der Waals surface area contributed by atoms with Crippen molar-refractivity contribution in [3.05, 3.63) is 64.1 Å². The number of pyridine rings is 1. The molecule has 4 rings (SSSR count). The Morgan fingerprint density at radius 2 is 2.00 bits per heavy atom. The van der Waals surface area contributed by atoms with E-state index in [1.165, 1.54) is 6.07 Å². The van der Waals surface area contributed by atoms with Crippen LogP contribution in [-0.2, 0) is 21.6 Å². The minimum Gasteiger partial charge on any atom is -0.483 e. The van der Waals surface area contributed by atoms with Gasteiger partial charge >= 0.3 is 0 Å². The molecule has 1 saturated heterocycles. The maximum absolute atomic E-state index is 13.3. The van der Waals surface area contributed by atoms with E-state index in [2.05, 4.69) is 0 Å². The van der Waals surface area contributed by atoms with Gasteiger partial charge in [0.25, 0.3) is 5.91 Å². The van der Waals surface area contributed by atoms with Crippen molar-refractivity contribution in [2.75, 3.05) is 26.9 Å². The van der Waals surface area contributed by atoms with Crippen LogP contribution < -0.4 is 10.2 Å². The second-order valence-corrected chi connectivity index (χ2v) is 7.09. The number of carbonyl (C=O) groups is 1. The van der Waals surface area contributed by atoms with Gasteiger partial charge in [-0.25, -0.2) is 0 Å². The number of carbonyl (C=O) groups excluding carboxylic acids is 1. The Hall–Kier alpha value is -2.64. The first-order valence-electron chi connectivity index (χ1n) is 9.46. The fourth-order valence-electron chi connectivity index (χ4n) is 4.22. The Bertz CT molecular complexity index is 918. The molecule has 3 heterocycles. The van der Waals surface area contributed by atoms with Crippen LogP contribution in [0.3, 0.4) is 0 Å². The van der Waals surface area contributed by atoms with Gasteiger partial charge < -0.3 is 23.7 Å². The molecule has 2 aromatic rings. The number of likely N-dealkylation sites (N-methyl/N-ethyl adjacent to an activating group) is 1. The van der Waals surface area contributed by atoms with E-state index in [0.29, 0.717) is 26.2 Å². The van der Waals surface area contributed by atoms with Gasteiger partial charge in [-0.15, -0.1) is 0 Å². The van der Waals surface area contributed by atoms with E-state index >= 15 is 0 Å². The van der Waals surface area contributed by atoms with Crippen LogP contribution in [0.5, 0.6) is 5.75 Å². The Morgan fingerprint density at radius 1 is 1.21 bits per heavy atom. The number of fused-ring (bicyclic) bond motifs is 2. The molecule has 0 aliphatic carbocycles. The van der Waals surface area contributed by atoms with Crippen molar-refractivity contribution < 1.29 is 19.0 Å². The van der Waals surface area contributed by atoms with Crippen molar-refractivity contribution in [3.63, 3.8) is 0 Å². The van der Waals surface area contributed by atoms with Gasteiger partial charge in [-0.05, 0) is 12.5 Å². The van der Waals surface area contributed by atoms with Crippen molar-refractivity contribution in [2.45, 2.75) is 31.7 Å². The number of hydrogen-bond donors (Lipinski definition) is 0. The highest BCUT2D eigenvalue weighted by Crippen LogP contribution is 2.41. The van der Waals surface area contributed by atoms with Gasteiger partial charge in [0.05, 0.1) is 6.61 Å². The Kier molecular flexibility index (Phi) is 4.95. The van der Waals surface area contributed by atoms with E-state index in [4.69, 9.17) is 14.2 Å². The predicted octanol–water partition coefficient (Wildman–Crippen LogP) is 1.99. The average Bonchev–Trinajstić information content (AvgIpc) is 3.20. The summed E-state index contributed by atoms with van der Waals surface area (Å²) < 4.78 is 19.2. The van der Waals surface area contributed by atoms with E-state index < -0.39 is 11.8 Å². The lowest BCUT2D eigenvalue weighted by Crippen LogP contribution is -2.62. The van der Waals surface area contributed by atoms with Gasteiger partial charge in [0.1, 0.15) is 12.1 Å². The highest BCUT2D eigenvalue weighted by Gasteiger charge is 2.53. The molecule has 7 heteroatoms. The van der Waals surface area contributed by atoms with E-state index in [1.807, 2.05) is 41.8 Å². The lowest BCUT2D eigenvalue weighted by molar-refractivity contribution is -0.105. The van der Waals surface area contributed by atoms with Crippen LogP contribution in [0.2, 0.25) is 0 Å². The Balaban J connectivity index is 1.83. The zero-order valence-corrected chi connectivity index (χ0v) is 16.1. The summed E-state index contributed by atoms with van der Waals surface area (Å²) in [5, 5.41) is 0. The van der Waals surface area contributed by atoms with Gasteiger partial charge in [-0.1, -0.05) is 30.3 Å². The zero-order valence-electron chi connectivity index (χ0n) is 16.1. The van der Waals surface area contributed by atoms with Gasteiger partial charge in [-0.2, -0.15) is 0 Å². The van der Waals surface area contributed by atoms with Crippen LogP contribution >= 0.6 is 0 Å². The number of methoxy groups -OCH3 is 1. The molecule has 2 atom stereocenters. The summed E-state index contributed by atoms with van der Waals surface area (Å²) in [4.78, 5) is 27.6. The van der Waals surface area contributed by atoms with Gasteiger partial charge in [0.15, 0.2) is 17.7 Å². The number of hydrogen-bond acceptors (Lipinski definition) is 5. The third-order valence-corrected chi connectivity index (χ3v) is 5.56. The molecule has 2 aliphatic rings. The maximum atomic E-state index is 13.3. The highest BCUT2D eigenvalue weighted by atomic mass is 16.5. The largest absolute Gasteiger partial charge is 0.483 e. The molecule has 2 aliphatic heterocycles. The zero-order chi connectivity index (χ0) is 19.7. The lowest BCUT2D eigenvalue weighted by Gasteiger charge is -2.48. The molecule has 1 fully saturated rings.